The maximum atomic E-state index is 12.0. The molecule has 2 aromatic carbocycles. The van der Waals surface area contributed by atoms with Crippen LogP contribution in [0.15, 0.2) is 53.4 Å². The Morgan fingerprint density at radius 1 is 0.900 bits per heavy atom. The quantitative estimate of drug-likeness (QED) is 0.755. The Labute approximate surface area is 118 Å². The van der Waals surface area contributed by atoms with Crippen molar-refractivity contribution in [2.45, 2.75) is 11.8 Å². The van der Waals surface area contributed by atoms with Gasteiger partial charge in [0.15, 0.2) is 0 Å². The van der Waals surface area contributed by atoms with Gasteiger partial charge in [0.2, 0.25) is 9.84 Å². The number of rotatable bonds is 1. The molecule has 0 bridgehead atoms. The second-order valence-electron chi connectivity index (χ2n) is 4.23. The Kier molecular flexibility index (Phi) is 3.89. The summed E-state index contributed by atoms with van der Waals surface area (Å²) >= 11 is 0. The molecule has 98 valence electrons. The Balaban J connectivity index is 2.31. The van der Waals surface area contributed by atoms with E-state index in [9.17, 15) is 8.42 Å². The van der Waals surface area contributed by atoms with Crippen LogP contribution in [0.25, 0.3) is 0 Å². The van der Waals surface area contributed by atoms with Gasteiger partial charge in [0.05, 0.1) is 16.5 Å². The zero-order valence-electron chi connectivity index (χ0n) is 10.8. The summed E-state index contributed by atoms with van der Waals surface area (Å²) in [6.45, 7) is 1.89. The highest BCUT2D eigenvalue weighted by molar-refractivity contribution is 7.96. The van der Waals surface area contributed by atoms with E-state index in [4.69, 9.17) is 5.26 Å². The zero-order valence-corrected chi connectivity index (χ0v) is 11.6. The fourth-order valence-corrected chi connectivity index (χ4v) is 2.40. The maximum absolute atomic E-state index is 12.0. The highest BCUT2D eigenvalue weighted by atomic mass is 32.2. The maximum Gasteiger partial charge on any atom is 0.245 e. The zero-order chi connectivity index (χ0) is 14.6. The van der Waals surface area contributed by atoms with Gasteiger partial charge in [-0.2, -0.15) is 5.26 Å². The third-order valence-corrected chi connectivity index (χ3v) is 3.94. The minimum atomic E-state index is -3.62. The van der Waals surface area contributed by atoms with Crippen LogP contribution in [0.4, 0.5) is 0 Å². The third kappa shape index (κ3) is 3.26. The van der Waals surface area contributed by atoms with Crippen molar-refractivity contribution in [3.63, 3.8) is 0 Å². The van der Waals surface area contributed by atoms with E-state index in [0.717, 1.165) is 5.56 Å². The van der Waals surface area contributed by atoms with Gasteiger partial charge in [-0.15, -0.1) is 0 Å². The van der Waals surface area contributed by atoms with Crippen molar-refractivity contribution in [2.24, 2.45) is 0 Å². The van der Waals surface area contributed by atoms with Crippen molar-refractivity contribution < 1.29 is 8.42 Å². The molecule has 0 saturated carbocycles. The van der Waals surface area contributed by atoms with E-state index < -0.39 is 9.84 Å². The lowest BCUT2D eigenvalue weighted by molar-refractivity contribution is 0.606. The number of nitrogens with zero attached hydrogens (tertiary/aromatic N) is 1. The molecule has 0 radical (unpaired) electrons. The van der Waals surface area contributed by atoms with Crippen molar-refractivity contribution in [2.75, 3.05) is 0 Å². The van der Waals surface area contributed by atoms with Crippen LogP contribution in [0.5, 0.6) is 0 Å². The minimum Gasteiger partial charge on any atom is -0.210 e. The molecule has 4 heteroatoms. The lowest BCUT2D eigenvalue weighted by atomic mass is 10.2. The van der Waals surface area contributed by atoms with E-state index in [0.29, 0.717) is 11.1 Å². The van der Waals surface area contributed by atoms with Gasteiger partial charge < -0.3 is 0 Å². The topological polar surface area (TPSA) is 57.9 Å². The molecule has 3 nitrogen and oxygen atoms in total. The standard InChI is InChI=1S/C16H11NO2S/c1-13-2-8-16(9-3-13)20(18,19)11-10-14-4-6-15(12-17)7-5-14/h2-9H,1H3. The number of hydrogen-bond acceptors (Lipinski definition) is 3. The molecule has 0 aromatic heterocycles. The Bertz CT molecular complexity index is 815. The largest absolute Gasteiger partial charge is 0.245 e. The molecule has 0 aliphatic carbocycles. The van der Waals surface area contributed by atoms with Crippen LogP contribution in [-0.4, -0.2) is 8.42 Å². The molecule has 2 rings (SSSR count). The summed E-state index contributed by atoms with van der Waals surface area (Å²) in [5.74, 6) is 2.60. The third-order valence-electron chi connectivity index (χ3n) is 2.68. The summed E-state index contributed by atoms with van der Waals surface area (Å²) in [5.41, 5.74) is 2.06. The van der Waals surface area contributed by atoms with E-state index in [1.54, 1.807) is 36.4 Å². The molecule has 0 heterocycles. The molecule has 0 unspecified atom stereocenters. The highest BCUT2D eigenvalue weighted by Gasteiger charge is 2.09. The van der Waals surface area contributed by atoms with Crippen LogP contribution in [-0.2, 0) is 9.84 Å². The summed E-state index contributed by atoms with van der Waals surface area (Å²) in [6, 6.07) is 15.0. The molecule has 0 spiro atoms. The number of benzene rings is 2. The number of aryl methyl sites for hydroxylation is 1. The van der Waals surface area contributed by atoms with E-state index in [-0.39, 0.29) is 4.90 Å². The van der Waals surface area contributed by atoms with E-state index >= 15 is 0 Å². The lowest BCUT2D eigenvalue weighted by Crippen LogP contribution is -1.96. The summed E-state index contributed by atoms with van der Waals surface area (Å²) in [7, 11) is -3.62. The Morgan fingerprint density at radius 3 is 2.00 bits per heavy atom. The SMILES string of the molecule is Cc1ccc(S(=O)(=O)C#Cc2ccc(C#N)cc2)cc1. The fourth-order valence-electron chi connectivity index (χ4n) is 1.53. The number of sulfone groups is 1. The predicted molar refractivity (Wildman–Crippen MR) is 76.4 cm³/mol. The van der Waals surface area contributed by atoms with Crippen LogP contribution in [0.1, 0.15) is 16.7 Å². The van der Waals surface area contributed by atoms with Gasteiger partial charge in [-0.3, -0.25) is 0 Å². The predicted octanol–water partition coefficient (Wildman–Crippen LogP) is 2.65. The second kappa shape index (κ2) is 5.61. The fraction of sp³-hybridized carbons (Fsp3) is 0.0625. The van der Waals surface area contributed by atoms with Gasteiger partial charge in [0.1, 0.15) is 0 Å². The van der Waals surface area contributed by atoms with Crippen LogP contribution >= 0.6 is 0 Å². The molecule has 0 N–H and O–H groups in total. The first kappa shape index (κ1) is 13.9. The van der Waals surface area contributed by atoms with Gasteiger partial charge in [-0.25, -0.2) is 8.42 Å². The molecule has 20 heavy (non-hydrogen) atoms. The van der Waals surface area contributed by atoms with Gasteiger partial charge in [-0.1, -0.05) is 17.7 Å². The molecule has 0 aliphatic heterocycles. The summed E-state index contributed by atoms with van der Waals surface area (Å²) in [5, 5.41) is 11.0. The number of hydrogen-bond donors (Lipinski definition) is 0. The summed E-state index contributed by atoms with van der Waals surface area (Å²) < 4.78 is 24.0. The van der Waals surface area contributed by atoms with Gasteiger partial charge >= 0.3 is 0 Å². The highest BCUT2D eigenvalue weighted by Crippen LogP contribution is 2.11. The molecular weight excluding hydrogens is 270 g/mol. The van der Waals surface area contributed by atoms with Crippen molar-refractivity contribution in [3.8, 4) is 17.2 Å². The van der Waals surface area contributed by atoms with Crippen LogP contribution in [0.2, 0.25) is 0 Å². The first-order chi connectivity index (χ1) is 9.51. The van der Waals surface area contributed by atoms with Crippen LogP contribution in [0.3, 0.4) is 0 Å². The van der Waals surface area contributed by atoms with Gasteiger partial charge in [0, 0.05) is 10.8 Å². The average molecular weight is 281 g/mol. The van der Waals surface area contributed by atoms with Crippen molar-refractivity contribution in [1.29, 1.82) is 5.26 Å². The molecular formula is C16H11NO2S. The van der Waals surface area contributed by atoms with Crippen molar-refractivity contribution in [1.82, 2.24) is 0 Å². The van der Waals surface area contributed by atoms with E-state index in [1.807, 2.05) is 13.0 Å². The smallest absolute Gasteiger partial charge is 0.210 e. The first-order valence-electron chi connectivity index (χ1n) is 5.86. The monoisotopic (exact) mass is 281 g/mol. The molecule has 0 aliphatic rings. The average Bonchev–Trinajstić information content (AvgIpc) is 2.46. The summed E-state index contributed by atoms with van der Waals surface area (Å²) in [6.07, 6.45) is 0. The van der Waals surface area contributed by atoms with Crippen molar-refractivity contribution >= 4 is 9.84 Å². The van der Waals surface area contributed by atoms with Gasteiger partial charge in [0.25, 0.3) is 0 Å². The molecule has 2 aromatic rings. The lowest BCUT2D eigenvalue weighted by Gasteiger charge is -1.97. The van der Waals surface area contributed by atoms with E-state index in [1.165, 1.54) is 12.1 Å². The molecule has 0 fully saturated rings. The molecule has 0 atom stereocenters. The number of nitriles is 1. The normalized spacial score (nSPS) is 10.2. The Morgan fingerprint density at radius 2 is 1.45 bits per heavy atom. The van der Waals surface area contributed by atoms with Gasteiger partial charge in [-0.05, 0) is 49.2 Å². The van der Waals surface area contributed by atoms with E-state index in [2.05, 4.69) is 11.2 Å². The van der Waals surface area contributed by atoms with Crippen molar-refractivity contribution in [3.05, 3.63) is 65.2 Å². The first-order valence-corrected chi connectivity index (χ1v) is 7.34. The van der Waals surface area contributed by atoms with Crippen LogP contribution < -0.4 is 0 Å². The Hall–Kier alpha value is -2.56. The van der Waals surface area contributed by atoms with Crippen LogP contribution in [0, 0.1) is 29.4 Å². The summed E-state index contributed by atoms with van der Waals surface area (Å²) in [4.78, 5) is 0.184. The molecule has 0 amide bonds. The second-order valence-corrected chi connectivity index (χ2v) is 5.92. The molecule has 0 saturated heterocycles. The minimum absolute atomic E-state index is 0.184.